The molecule has 0 saturated heterocycles. The van der Waals surface area contributed by atoms with Crippen LogP contribution < -0.4 is 0 Å². The van der Waals surface area contributed by atoms with Crippen molar-refractivity contribution in [2.75, 3.05) is 6.61 Å². The first kappa shape index (κ1) is 9.99. The van der Waals surface area contributed by atoms with E-state index in [1.54, 1.807) is 0 Å². The second kappa shape index (κ2) is 4.23. The van der Waals surface area contributed by atoms with Gasteiger partial charge in [-0.15, -0.1) is 0 Å². The maximum atomic E-state index is 8.99. The van der Waals surface area contributed by atoms with Crippen molar-refractivity contribution in [2.45, 2.75) is 27.2 Å². The number of nitrogens with zero attached hydrogens (tertiary/aromatic N) is 1. The molecule has 0 aromatic carbocycles. The summed E-state index contributed by atoms with van der Waals surface area (Å²) < 4.78 is 5.01. The van der Waals surface area contributed by atoms with Crippen molar-refractivity contribution >= 4 is 6.08 Å². The van der Waals surface area contributed by atoms with Gasteiger partial charge in [-0.25, -0.2) is 0 Å². The Balaban J connectivity index is 3.01. The Morgan fingerprint density at radius 3 is 2.62 bits per heavy atom. The van der Waals surface area contributed by atoms with E-state index in [-0.39, 0.29) is 6.61 Å². The SMILES string of the molecule is CCC(=Cc1c(C)noc1C)CO. The fourth-order valence-electron chi connectivity index (χ4n) is 1.16. The Hall–Kier alpha value is -1.09. The summed E-state index contributed by atoms with van der Waals surface area (Å²) in [4.78, 5) is 0. The van der Waals surface area contributed by atoms with Crippen LogP contribution in [-0.2, 0) is 0 Å². The smallest absolute Gasteiger partial charge is 0.141 e. The predicted octanol–water partition coefficient (Wildman–Crippen LogP) is 2.08. The Morgan fingerprint density at radius 1 is 1.54 bits per heavy atom. The first-order valence-corrected chi connectivity index (χ1v) is 4.42. The van der Waals surface area contributed by atoms with Crippen molar-refractivity contribution in [2.24, 2.45) is 0 Å². The Kier molecular flexibility index (Phi) is 3.25. The highest BCUT2D eigenvalue weighted by Crippen LogP contribution is 2.17. The molecule has 1 heterocycles. The van der Waals surface area contributed by atoms with E-state index in [4.69, 9.17) is 9.63 Å². The summed E-state index contributed by atoms with van der Waals surface area (Å²) in [5.41, 5.74) is 2.86. The summed E-state index contributed by atoms with van der Waals surface area (Å²) in [6.07, 6.45) is 2.79. The highest BCUT2D eigenvalue weighted by Gasteiger charge is 2.06. The molecule has 1 aromatic rings. The lowest BCUT2D eigenvalue weighted by atomic mass is 10.1. The molecule has 0 bridgehead atoms. The van der Waals surface area contributed by atoms with E-state index in [9.17, 15) is 0 Å². The molecule has 1 rings (SSSR count). The van der Waals surface area contributed by atoms with Crippen LogP contribution >= 0.6 is 0 Å². The van der Waals surface area contributed by atoms with E-state index in [2.05, 4.69) is 5.16 Å². The van der Waals surface area contributed by atoms with Gasteiger partial charge in [-0.3, -0.25) is 0 Å². The quantitative estimate of drug-likeness (QED) is 0.776. The number of hydrogen-bond donors (Lipinski definition) is 1. The zero-order valence-corrected chi connectivity index (χ0v) is 8.29. The molecule has 72 valence electrons. The molecule has 0 aliphatic heterocycles. The third kappa shape index (κ3) is 2.18. The van der Waals surface area contributed by atoms with E-state index in [0.29, 0.717) is 0 Å². The summed E-state index contributed by atoms with van der Waals surface area (Å²) in [5, 5.41) is 12.8. The Morgan fingerprint density at radius 2 is 2.23 bits per heavy atom. The van der Waals surface area contributed by atoms with Crippen molar-refractivity contribution in [1.29, 1.82) is 0 Å². The normalized spacial score (nSPS) is 12.2. The van der Waals surface area contributed by atoms with Crippen LogP contribution in [0.25, 0.3) is 6.08 Å². The summed E-state index contributed by atoms with van der Waals surface area (Å²) in [7, 11) is 0. The minimum absolute atomic E-state index is 0.0978. The zero-order valence-electron chi connectivity index (χ0n) is 8.29. The third-order valence-electron chi connectivity index (χ3n) is 2.09. The minimum Gasteiger partial charge on any atom is -0.392 e. The van der Waals surface area contributed by atoms with Gasteiger partial charge in [-0.2, -0.15) is 0 Å². The topological polar surface area (TPSA) is 46.3 Å². The average Bonchev–Trinajstić information content (AvgIpc) is 2.44. The molecule has 0 unspecified atom stereocenters. The number of aliphatic hydroxyl groups excluding tert-OH is 1. The highest BCUT2D eigenvalue weighted by molar-refractivity contribution is 5.56. The van der Waals surface area contributed by atoms with Crippen LogP contribution in [0.4, 0.5) is 0 Å². The Bertz CT molecular complexity index is 287. The number of aliphatic hydroxyl groups is 1. The summed E-state index contributed by atoms with van der Waals surface area (Å²) in [6.45, 7) is 5.88. The molecule has 0 aliphatic carbocycles. The molecule has 3 heteroatoms. The highest BCUT2D eigenvalue weighted by atomic mass is 16.5. The van der Waals surface area contributed by atoms with Gasteiger partial charge < -0.3 is 9.63 Å². The van der Waals surface area contributed by atoms with Crippen LogP contribution in [0.15, 0.2) is 10.1 Å². The van der Waals surface area contributed by atoms with Crippen LogP contribution in [0, 0.1) is 13.8 Å². The first-order chi connectivity index (χ1) is 6.19. The average molecular weight is 181 g/mol. The van der Waals surface area contributed by atoms with Gasteiger partial charge in [-0.1, -0.05) is 12.1 Å². The van der Waals surface area contributed by atoms with Gasteiger partial charge in [0.05, 0.1) is 12.3 Å². The third-order valence-corrected chi connectivity index (χ3v) is 2.09. The molecule has 0 saturated carbocycles. The van der Waals surface area contributed by atoms with Crippen LogP contribution in [0.5, 0.6) is 0 Å². The van der Waals surface area contributed by atoms with E-state index in [0.717, 1.165) is 29.0 Å². The second-order valence-corrected chi connectivity index (χ2v) is 3.05. The molecule has 0 atom stereocenters. The van der Waals surface area contributed by atoms with Gasteiger partial charge in [-0.05, 0) is 31.9 Å². The maximum absolute atomic E-state index is 8.99. The van der Waals surface area contributed by atoms with Gasteiger partial charge in [0.25, 0.3) is 0 Å². The molecule has 0 radical (unpaired) electrons. The van der Waals surface area contributed by atoms with E-state index in [1.807, 2.05) is 26.8 Å². The molecule has 0 spiro atoms. The van der Waals surface area contributed by atoms with Gasteiger partial charge >= 0.3 is 0 Å². The van der Waals surface area contributed by atoms with Crippen LogP contribution in [-0.4, -0.2) is 16.9 Å². The molecular weight excluding hydrogens is 166 g/mol. The van der Waals surface area contributed by atoms with E-state index >= 15 is 0 Å². The van der Waals surface area contributed by atoms with Crippen LogP contribution in [0.1, 0.15) is 30.4 Å². The number of aryl methyl sites for hydroxylation is 2. The Labute approximate surface area is 78.1 Å². The largest absolute Gasteiger partial charge is 0.392 e. The van der Waals surface area contributed by atoms with Gasteiger partial charge in [0.2, 0.25) is 0 Å². The molecule has 3 nitrogen and oxygen atoms in total. The molecule has 0 fully saturated rings. The monoisotopic (exact) mass is 181 g/mol. The van der Waals surface area contributed by atoms with Gasteiger partial charge in [0.15, 0.2) is 0 Å². The predicted molar refractivity (Wildman–Crippen MR) is 51.3 cm³/mol. The molecule has 1 aromatic heterocycles. The lowest BCUT2D eigenvalue weighted by molar-refractivity contribution is 0.329. The van der Waals surface area contributed by atoms with E-state index in [1.165, 1.54) is 0 Å². The molecular formula is C10H15NO2. The fourth-order valence-corrected chi connectivity index (χ4v) is 1.16. The molecule has 0 aliphatic rings. The molecule has 1 N–H and O–H groups in total. The van der Waals surface area contributed by atoms with Crippen molar-refractivity contribution < 1.29 is 9.63 Å². The van der Waals surface area contributed by atoms with Crippen molar-refractivity contribution in [3.05, 3.63) is 22.6 Å². The first-order valence-electron chi connectivity index (χ1n) is 4.42. The van der Waals surface area contributed by atoms with E-state index < -0.39 is 0 Å². The molecule has 13 heavy (non-hydrogen) atoms. The molecule has 0 amide bonds. The maximum Gasteiger partial charge on any atom is 0.141 e. The van der Waals surface area contributed by atoms with Gasteiger partial charge in [0.1, 0.15) is 5.76 Å². The fraction of sp³-hybridized carbons (Fsp3) is 0.500. The summed E-state index contributed by atoms with van der Waals surface area (Å²) in [6, 6.07) is 0. The zero-order chi connectivity index (χ0) is 9.84. The lowest BCUT2D eigenvalue weighted by Crippen LogP contribution is -1.89. The van der Waals surface area contributed by atoms with Gasteiger partial charge in [0, 0.05) is 5.56 Å². The number of hydrogen-bond acceptors (Lipinski definition) is 3. The minimum atomic E-state index is 0.0978. The standard InChI is InChI=1S/C10H15NO2/c1-4-9(6-12)5-10-7(2)11-13-8(10)3/h5,12H,4,6H2,1-3H3. The summed E-state index contributed by atoms with van der Waals surface area (Å²) >= 11 is 0. The summed E-state index contributed by atoms with van der Waals surface area (Å²) in [5.74, 6) is 0.803. The van der Waals surface area contributed by atoms with Crippen LogP contribution in [0.3, 0.4) is 0 Å². The second-order valence-electron chi connectivity index (χ2n) is 3.05. The number of aromatic nitrogens is 1. The van der Waals surface area contributed by atoms with Crippen molar-refractivity contribution in [1.82, 2.24) is 5.16 Å². The lowest BCUT2D eigenvalue weighted by Gasteiger charge is -1.98. The van der Waals surface area contributed by atoms with Crippen molar-refractivity contribution in [3.63, 3.8) is 0 Å². The van der Waals surface area contributed by atoms with Crippen molar-refractivity contribution in [3.8, 4) is 0 Å². The van der Waals surface area contributed by atoms with Crippen LogP contribution in [0.2, 0.25) is 0 Å². The number of rotatable bonds is 3.